The number of hydrogen-bond donors (Lipinski definition) is 11. The van der Waals surface area contributed by atoms with E-state index in [1.165, 1.54) is 0 Å². The number of rotatable bonds is 7. The Labute approximate surface area is 339 Å². The Morgan fingerprint density at radius 1 is 0.724 bits per heavy atom. The van der Waals surface area contributed by atoms with Crippen LogP contribution in [0.3, 0.4) is 0 Å². The maximum Gasteiger partial charge on any atom is 0.315 e. The largest absolute Gasteiger partial charge is 0.432 e. The molecular weight excluding hydrogens is 760 g/mol. The van der Waals surface area contributed by atoms with Gasteiger partial charge < -0.3 is 75.1 Å². The van der Waals surface area contributed by atoms with E-state index in [2.05, 4.69) is 26.8 Å². The molecule has 16 nitrogen and oxygen atoms in total. The highest BCUT2D eigenvalue weighted by atomic mass is 16.7. The third-order valence-corrected chi connectivity index (χ3v) is 17.5. The molecule has 332 valence electrons. The topological polar surface area (TPSA) is 277 Å². The highest BCUT2D eigenvalue weighted by Gasteiger charge is 2.72. The summed E-state index contributed by atoms with van der Waals surface area (Å²) in [4.78, 5) is 14.6. The lowest BCUT2D eigenvalue weighted by Crippen LogP contribution is -2.70. The quantitative estimate of drug-likeness (QED) is 0.0854. The van der Waals surface area contributed by atoms with Crippen molar-refractivity contribution in [2.24, 2.45) is 50.2 Å². The highest BCUT2D eigenvalue weighted by molar-refractivity contribution is 5.79. The fraction of sp³-hybridized carbons (Fsp3) is 0.929. The Morgan fingerprint density at radius 3 is 1.88 bits per heavy atom. The van der Waals surface area contributed by atoms with Gasteiger partial charge in [0.1, 0.15) is 48.8 Å². The van der Waals surface area contributed by atoms with Gasteiger partial charge in [-0.15, -0.1) is 0 Å². The molecule has 0 amide bonds. The van der Waals surface area contributed by atoms with Crippen molar-refractivity contribution >= 4 is 5.97 Å². The fourth-order valence-corrected chi connectivity index (χ4v) is 13.7. The molecular formula is C42H68O16. The van der Waals surface area contributed by atoms with Crippen molar-refractivity contribution in [3.8, 4) is 0 Å². The van der Waals surface area contributed by atoms with Crippen LogP contribution in [-0.4, -0.2) is 162 Å². The van der Waals surface area contributed by atoms with Crippen molar-refractivity contribution in [2.45, 2.75) is 173 Å². The molecule has 21 unspecified atom stereocenters. The van der Waals surface area contributed by atoms with E-state index in [0.717, 1.165) is 5.57 Å². The molecule has 7 aliphatic rings. The average Bonchev–Trinajstić information content (AvgIpc) is 3.18. The zero-order valence-electron chi connectivity index (χ0n) is 34.6. The predicted octanol–water partition coefficient (Wildman–Crippen LogP) is -0.770. The van der Waals surface area contributed by atoms with E-state index in [9.17, 15) is 61.0 Å². The monoisotopic (exact) mass is 828 g/mol. The number of hydrogen-bond acceptors (Lipinski definition) is 16. The number of aliphatic hydroxyl groups excluding tert-OH is 11. The third kappa shape index (κ3) is 6.25. The number of aliphatic hydroxyl groups is 11. The van der Waals surface area contributed by atoms with Gasteiger partial charge in [-0.25, -0.2) is 0 Å². The van der Waals surface area contributed by atoms with Crippen LogP contribution in [0.15, 0.2) is 11.6 Å². The SMILES string of the molecule is CC1(C)CCC2(C(=O)OC3OC(CO)C(O)C(O)C3O)CCC3(C)C(=CCC4C5(C)CC(O)C(OC6OC(CO)C(O)C(O)C6O)C(C)(CO)C5CCC43C)C2C1O. The summed E-state index contributed by atoms with van der Waals surface area (Å²) in [5.74, 6) is -1.55. The number of fused-ring (bicyclic) bond motifs is 7. The number of ether oxygens (including phenoxy) is 4. The van der Waals surface area contributed by atoms with Gasteiger partial charge in [0.15, 0.2) is 6.29 Å². The summed E-state index contributed by atoms with van der Waals surface area (Å²) in [5, 5.41) is 118. The minimum atomic E-state index is -1.77. The van der Waals surface area contributed by atoms with Crippen LogP contribution in [0, 0.1) is 50.2 Å². The van der Waals surface area contributed by atoms with Crippen molar-refractivity contribution in [1.82, 2.24) is 0 Å². The summed E-state index contributed by atoms with van der Waals surface area (Å²) in [6.45, 7) is 10.8. The van der Waals surface area contributed by atoms with Gasteiger partial charge in [0.25, 0.3) is 0 Å². The number of esters is 1. The Balaban J connectivity index is 1.21. The molecule has 6 fully saturated rings. The zero-order chi connectivity index (χ0) is 42.7. The molecule has 7 rings (SSSR count). The van der Waals surface area contributed by atoms with Crippen molar-refractivity contribution < 1.29 is 79.9 Å². The van der Waals surface area contributed by atoms with Gasteiger partial charge in [0.05, 0.1) is 43.5 Å². The van der Waals surface area contributed by atoms with E-state index in [-0.39, 0.29) is 24.9 Å². The first-order chi connectivity index (χ1) is 27.0. The molecule has 0 bridgehead atoms. The summed E-state index contributed by atoms with van der Waals surface area (Å²) in [7, 11) is 0. The Kier molecular flexibility index (Phi) is 11.7. The van der Waals surface area contributed by atoms with Gasteiger partial charge in [-0.2, -0.15) is 0 Å². The van der Waals surface area contributed by atoms with Crippen LogP contribution < -0.4 is 0 Å². The first kappa shape index (κ1) is 44.7. The lowest BCUT2D eigenvalue weighted by Gasteiger charge is -2.72. The minimum Gasteiger partial charge on any atom is -0.432 e. The molecule has 0 aromatic rings. The maximum atomic E-state index is 14.6. The van der Waals surface area contributed by atoms with Crippen LogP contribution in [0.2, 0.25) is 0 Å². The van der Waals surface area contributed by atoms with Crippen molar-refractivity contribution in [2.75, 3.05) is 19.8 Å². The fourth-order valence-electron chi connectivity index (χ4n) is 13.7. The number of carbonyl (C=O) groups excluding carboxylic acids is 1. The van der Waals surface area contributed by atoms with Crippen LogP contribution in [0.4, 0.5) is 0 Å². The van der Waals surface area contributed by atoms with Crippen LogP contribution in [0.1, 0.15) is 92.9 Å². The average molecular weight is 829 g/mol. The molecule has 16 heteroatoms. The summed E-state index contributed by atoms with van der Waals surface area (Å²) >= 11 is 0. The second-order valence-electron chi connectivity index (χ2n) is 20.7. The van der Waals surface area contributed by atoms with Crippen molar-refractivity contribution in [3.63, 3.8) is 0 Å². The summed E-state index contributed by atoms with van der Waals surface area (Å²) in [5.41, 5.74) is -3.32. The zero-order valence-corrected chi connectivity index (χ0v) is 34.6. The van der Waals surface area contributed by atoms with E-state index in [0.29, 0.717) is 44.9 Å². The van der Waals surface area contributed by atoms with Gasteiger partial charge in [-0.05, 0) is 84.9 Å². The Bertz CT molecular complexity index is 1570. The van der Waals surface area contributed by atoms with Crippen LogP contribution in [0.25, 0.3) is 0 Å². The van der Waals surface area contributed by atoms with Crippen LogP contribution in [0.5, 0.6) is 0 Å². The lowest BCUT2D eigenvalue weighted by molar-refractivity contribution is -0.345. The van der Waals surface area contributed by atoms with E-state index in [4.69, 9.17) is 18.9 Å². The molecule has 4 saturated carbocycles. The molecule has 11 N–H and O–H groups in total. The smallest absolute Gasteiger partial charge is 0.315 e. The maximum absolute atomic E-state index is 14.6. The Hall–Kier alpha value is -1.35. The molecule has 2 aliphatic heterocycles. The first-order valence-electron chi connectivity index (χ1n) is 21.2. The molecule has 0 radical (unpaired) electrons. The molecule has 5 aliphatic carbocycles. The number of allylic oxidation sites excluding steroid dienone is 1. The molecule has 0 aromatic heterocycles. The second kappa shape index (κ2) is 15.2. The van der Waals surface area contributed by atoms with Crippen LogP contribution in [-0.2, 0) is 23.7 Å². The molecule has 58 heavy (non-hydrogen) atoms. The van der Waals surface area contributed by atoms with Gasteiger partial charge in [0.2, 0.25) is 6.29 Å². The first-order valence-corrected chi connectivity index (χ1v) is 21.2. The van der Waals surface area contributed by atoms with Crippen LogP contribution >= 0.6 is 0 Å². The van der Waals surface area contributed by atoms with Gasteiger partial charge in [0, 0.05) is 11.3 Å². The van der Waals surface area contributed by atoms with E-state index in [1.54, 1.807) is 0 Å². The minimum absolute atomic E-state index is 0.0245. The lowest BCUT2D eigenvalue weighted by atomic mass is 9.33. The predicted molar refractivity (Wildman–Crippen MR) is 202 cm³/mol. The molecule has 2 heterocycles. The third-order valence-electron chi connectivity index (χ3n) is 17.5. The van der Waals surface area contributed by atoms with Gasteiger partial charge >= 0.3 is 5.97 Å². The van der Waals surface area contributed by atoms with Crippen molar-refractivity contribution in [1.29, 1.82) is 0 Å². The second-order valence-corrected chi connectivity index (χ2v) is 20.7. The van der Waals surface area contributed by atoms with E-state index >= 15 is 0 Å². The highest BCUT2D eigenvalue weighted by Crippen LogP contribution is 2.76. The normalized spacial score (nSPS) is 55.2. The summed E-state index contributed by atoms with van der Waals surface area (Å²) < 4.78 is 23.4. The molecule has 21 atom stereocenters. The molecule has 2 saturated heterocycles. The standard InChI is InChI=1S/C42H68O16/c1-37(2)11-13-42(36(54)58-35-31(52)29(50)27(48)22(17-44)56-35)14-12-40(5)19(25(42)32(37)53)7-8-24-38(3)15-20(46)33(39(4,18-45)23(38)9-10-41(24,40)6)57-34-30(51)28(49)26(47)21(16-43)55-34/h7,20-35,43-53H,8-18H2,1-6H3. The summed E-state index contributed by atoms with van der Waals surface area (Å²) in [6.07, 6.45) is -12.6. The Morgan fingerprint density at radius 2 is 1.29 bits per heavy atom. The molecule has 0 aromatic carbocycles. The molecule has 0 spiro atoms. The van der Waals surface area contributed by atoms with Gasteiger partial charge in [-0.3, -0.25) is 4.79 Å². The van der Waals surface area contributed by atoms with Crippen molar-refractivity contribution in [3.05, 3.63) is 11.6 Å². The van der Waals surface area contributed by atoms with Gasteiger partial charge in [-0.1, -0.05) is 53.2 Å². The van der Waals surface area contributed by atoms with E-state index in [1.807, 2.05) is 20.8 Å². The summed E-state index contributed by atoms with van der Waals surface area (Å²) in [6, 6.07) is 0. The van der Waals surface area contributed by atoms with E-state index < -0.39 is 137 Å². The number of carbonyl (C=O) groups is 1.